The molecule has 10 aromatic rings. The van der Waals surface area contributed by atoms with Crippen LogP contribution in [-0.4, -0.2) is 15.0 Å². The van der Waals surface area contributed by atoms with E-state index in [0.29, 0.717) is 5.82 Å². The highest BCUT2D eigenvalue weighted by Crippen LogP contribution is 2.45. The molecular weight excluding hydrogens is 615 g/mol. The first kappa shape index (κ1) is 28.2. The van der Waals surface area contributed by atoms with Crippen molar-refractivity contribution in [2.24, 2.45) is 0 Å². The van der Waals surface area contributed by atoms with Gasteiger partial charge in [0, 0.05) is 56.2 Å². The van der Waals surface area contributed by atoms with Gasteiger partial charge in [-0.2, -0.15) is 0 Å². The first-order valence-electron chi connectivity index (χ1n) is 16.6. The van der Waals surface area contributed by atoms with Crippen LogP contribution in [0.5, 0.6) is 0 Å². The molecule has 234 valence electrons. The molecule has 0 bridgehead atoms. The van der Waals surface area contributed by atoms with Gasteiger partial charge in [0.2, 0.25) is 0 Å². The molecular formula is C45H27N3O2. The minimum absolute atomic E-state index is 0.646. The molecule has 0 saturated heterocycles. The molecule has 10 rings (SSSR count). The van der Waals surface area contributed by atoms with Crippen molar-refractivity contribution in [3.05, 3.63) is 164 Å². The second-order valence-electron chi connectivity index (χ2n) is 12.4. The van der Waals surface area contributed by atoms with Crippen LogP contribution in [-0.2, 0) is 0 Å². The van der Waals surface area contributed by atoms with E-state index in [1.165, 1.54) is 0 Å². The highest BCUT2D eigenvalue weighted by Gasteiger charge is 2.22. The van der Waals surface area contributed by atoms with Crippen molar-refractivity contribution >= 4 is 43.9 Å². The Bertz CT molecular complexity index is 2870. The van der Waals surface area contributed by atoms with E-state index in [2.05, 4.69) is 89.9 Å². The molecule has 0 spiro atoms. The van der Waals surface area contributed by atoms with Crippen molar-refractivity contribution < 1.29 is 8.83 Å². The zero-order valence-corrected chi connectivity index (χ0v) is 26.7. The Morgan fingerprint density at radius 2 is 1.04 bits per heavy atom. The van der Waals surface area contributed by atoms with Crippen LogP contribution in [0.1, 0.15) is 0 Å². The van der Waals surface area contributed by atoms with E-state index < -0.39 is 0 Å². The molecule has 0 aliphatic rings. The predicted molar refractivity (Wildman–Crippen MR) is 202 cm³/mol. The van der Waals surface area contributed by atoms with Crippen LogP contribution in [0.4, 0.5) is 0 Å². The monoisotopic (exact) mass is 641 g/mol. The van der Waals surface area contributed by atoms with E-state index in [-0.39, 0.29) is 0 Å². The van der Waals surface area contributed by atoms with E-state index in [1.54, 1.807) is 6.20 Å². The molecule has 0 aliphatic carbocycles. The molecule has 50 heavy (non-hydrogen) atoms. The number of pyridine rings is 1. The van der Waals surface area contributed by atoms with Crippen LogP contribution >= 0.6 is 0 Å². The molecule has 0 fully saturated rings. The first-order chi connectivity index (χ1) is 24.8. The number of nitrogens with zero attached hydrogens (tertiary/aromatic N) is 3. The van der Waals surface area contributed by atoms with Gasteiger partial charge in [-0.1, -0.05) is 109 Å². The maximum Gasteiger partial charge on any atom is 0.160 e. The van der Waals surface area contributed by atoms with Crippen LogP contribution in [0.3, 0.4) is 0 Å². The largest absolute Gasteiger partial charge is 0.456 e. The second-order valence-corrected chi connectivity index (χ2v) is 12.4. The third kappa shape index (κ3) is 4.60. The van der Waals surface area contributed by atoms with Crippen LogP contribution in [0.2, 0.25) is 0 Å². The van der Waals surface area contributed by atoms with Crippen molar-refractivity contribution in [2.45, 2.75) is 0 Å². The predicted octanol–water partition coefficient (Wildman–Crippen LogP) is 12.0. The Kier molecular flexibility index (Phi) is 6.42. The molecule has 0 N–H and O–H groups in total. The van der Waals surface area contributed by atoms with Crippen molar-refractivity contribution in [2.75, 3.05) is 0 Å². The van der Waals surface area contributed by atoms with Gasteiger partial charge in [-0.3, -0.25) is 4.98 Å². The fourth-order valence-electron chi connectivity index (χ4n) is 7.09. The summed E-state index contributed by atoms with van der Waals surface area (Å²) in [6.45, 7) is 0. The van der Waals surface area contributed by atoms with Gasteiger partial charge < -0.3 is 8.83 Å². The Morgan fingerprint density at radius 1 is 0.400 bits per heavy atom. The van der Waals surface area contributed by atoms with Crippen LogP contribution in [0.25, 0.3) is 100 Å². The fourth-order valence-corrected chi connectivity index (χ4v) is 7.09. The van der Waals surface area contributed by atoms with Crippen molar-refractivity contribution in [3.8, 4) is 56.2 Å². The van der Waals surface area contributed by atoms with Gasteiger partial charge in [0.15, 0.2) is 5.82 Å². The summed E-state index contributed by atoms with van der Waals surface area (Å²) in [5.74, 6) is 0.646. The SMILES string of the molecule is c1ccc(-c2nc(-c3cccc(-c4cccnc4)c3)cc(-c3ccc(-c4cccc5oc6ccccc6c45)c4c3oc3ccccc34)n2)cc1. The van der Waals surface area contributed by atoms with Gasteiger partial charge in [0.25, 0.3) is 0 Å². The lowest BCUT2D eigenvalue weighted by Gasteiger charge is -2.12. The van der Waals surface area contributed by atoms with Crippen LogP contribution < -0.4 is 0 Å². The van der Waals surface area contributed by atoms with E-state index >= 15 is 0 Å². The summed E-state index contributed by atoms with van der Waals surface area (Å²) in [5.41, 5.74) is 12.0. The van der Waals surface area contributed by atoms with E-state index in [1.807, 2.05) is 72.9 Å². The molecule has 0 radical (unpaired) electrons. The fraction of sp³-hybridized carbons (Fsp3) is 0. The Morgan fingerprint density at radius 3 is 1.88 bits per heavy atom. The van der Waals surface area contributed by atoms with Gasteiger partial charge >= 0.3 is 0 Å². The van der Waals surface area contributed by atoms with E-state index in [4.69, 9.17) is 18.8 Å². The zero-order chi connectivity index (χ0) is 33.0. The standard InChI is InChI=1S/C45H27N3O2/c1-2-11-28(12-3-1)45-47-37(30-14-8-13-29(25-30)31-15-10-24-46-27-31)26-38(48-45)34-23-22-33(43-36-17-5-7-20-40(36)50-44(34)43)32-18-9-21-41-42(32)35-16-4-6-19-39(35)49-41/h1-27H. The summed E-state index contributed by atoms with van der Waals surface area (Å²) in [4.78, 5) is 14.6. The summed E-state index contributed by atoms with van der Waals surface area (Å²) < 4.78 is 13.1. The Hall–Kier alpha value is -6.85. The third-order valence-electron chi connectivity index (χ3n) is 9.41. The van der Waals surface area contributed by atoms with E-state index in [0.717, 1.165) is 94.2 Å². The molecule has 4 aromatic heterocycles. The summed E-state index contributed by atoms with van der Waals surface area (Å²) in [6, 6.07) is 51.7. The molecule has 5 nitrogen and oxygen atoms in total. The van der Waals surface area contributed by atoms with Gasteiger partial charge in [-0.25, -0.2) is 9.97 Å². The lowest BCUT2D eigenvalue weighted by atomic mass is 9.93. The van der Waals surface area contributed by atoms with Crippen molar-refractivity contribution in [1.82, 2.24) is 15.0 Å². The van der Waals surface area contributed by atoms with Gasteiger partial charge in [-0.15, -0.1) is 0 Å². The number of rotatable bonds is 5. The average Bonchev–Trinajstić information content (AvgIpc) is 3.77. The number of furan rings is 2. The highest BCUT2D eigenvalue weighted by atomic mass is 16.3. The molecule has 6 aromatic carbocycles. The lowest BCUT2D eigenvalue weighted by molar-refractivity contribution is 0.668. The molecule has 4 heterocycles. The Balaban J connectivity index is 1.23. The summed E-state index contributed by atoms with van der Waals surface area (Å²) in [6.07, 6.45) is 3.67. The average molecular weight is 642 g/mol. The molecule has 0 saturated carbocycles. The van der Waals surface area contributed by atoms with Gasteiger partial charge in [0.05, 0.1) is 11.4 Å². The topological polar surface area (TPSA) is 65.0 Å². The number of aromatic nitrogens is 3. The zero-order valence-electron chi connectivity index (χ0n) is 26.7. The number of para-hydroxylation sites is 2. The normalized spacial score (nSPS) is 11.6. The first-order valence-corrected chi connectivity index (χ1v) is 16.6. The summed E-state index contributed by atoms with van der Waals surface area (Å²) in [5, 5.41) is 4.26. The lowest BCUT2D eigenvalue weighted by Crippen LogP contribution is -1.96. The smallest absolute Gasteiger partial charge is 0.160 e. The summed E-state index contributed by atoms with van der Waals surface area (Å²) >= 11 is 0. The van der Waals surface area contributed by atoms with Crippen molar-refractivity contribution in [3.63, 3.8) is 0 Å². The molecule has 0 unspecified atom stereocenters. The third-order valence-corrected chi connectivity index (χ3v) is 9.41. The number of benzene rings is 6. The van der Waals surface area contributed by atoms with Crippen LogP contribution in [0, 0.1) is 0 Å². The number of hydrogen-bond acceptors (Lipinski definition) is 5. The minimum atomic E-state index is 0.646. The molecule has 5 heteroatoms. The second kappa shape index (κ2) is 11.4. The summed E-state index contributed by atoms with van der Waals surface area (Å²) in [7, 11) is 0. The maximum atomic E-state index is 6.76. The molecule has 0 amide bonds. The molecule has 0 aliphatic heterocycles. The quantitative estimate of drug-likeness (QED) is 0.187. The van der Waals surface area contributed by atoms with Crippen molar-refractivity contribution in [1.29, 1.82) is 0 Å². The van der Waals surface area contributed by atoms with Gasteiger partial charge in [-0.05, 0) is 59.2 Å². The van der Waals surface area contributed by atoms with Crippen LogP contribution in [0.15, 0.2) is 173 Å². The van der Waals surface area contributed by atoms with E-state index in [9.17, 15) is 0 Å². The van der Waals surface area contributed by atoms with Gasteiger partial charge in [0.1, 0.15) is 22.3 Å². The number of hydrogen-bond donors (Lipinski definition) is 0. The maximum absolute atomic E-state index is 6.76. The number of fused-ring (bicyclic) bond motifs is 6. The minimum Gasteiger partial charge on any atom is -0.456 e. The molecule has 0 atom stereocenters. The Labute approximate surface area is 287 Å². The highest BCUT2D eigenvalue weighted by molar-refractivity contribution is 6.21.